The van der Waals surface area contributed by atoms with Crippen LogP contribution >= 0.6 is 23.4 Å². The average molecular weight is 469 g/mol. The zero-order valence-electron chi connectivity index (χ0n) is 16.9. The maximum atomic E-state index is 13.0. The van der Waals surface area contributed by atoms with E-state index in [0.29, 0.717) is 42.6 Å². The topological polar surface area (TPSA) is 75.7 Å². The molecule has 1 saturated heterocycles. The van der Waals surface area contributed by atoms with Crippen LogP contribution in [0, 0.1) is 6.92 Å². The predicted molar refractivity (Wildman–Crippen MR) is 122 cm³/mol. The van der Waals surface area contributed by atoms with E-state index in [1.807, 2.05) is 31.2 Å². The van der Waals surface area contributed by atoms with Crippen molar-refractivity contribution < 1.29 is 17.9 Å². The summed E-state index contributed by atoms with van der Waals surface area (Å²) in [6.45, 7) is 5.22. The zero-order chi connectivity index (χ0) is 21.7. The van der Waals surface area contributed by atoms with Gasteiger partial charge in [-0.15, -0.1) is 11.8 Å². The summed E-state index contributed by atoms with van der Waals surface area (Å²) < 4.78 is 32.6. The average Bonchev–Trinajstić information content (AvgIpc) is 2.74. The van der Waals surface area contributed by atoms with Crippen LogP contribution in [0.25, 0.3) is 0 Å². The molecule has 0 aliphatic carbocycles. The molecule has 6 nitrogen and oxygen atoms in total. The van der Waals surface area contributed by atoms with Gasteiger partial charge in [-0.25, -0.2) is 8.42 Å². The highest BCUT2D eigenvalue weighted by Gasteiger charge is 2.28. The molecule has 1 unspecified atom stereocenters. The number of benzene rings is 2. The van der Waals surface area contributed by atoms with Gasteiger partial charge in [-0.2, -0.15) is 4.31 Å². The lowest BCUT2D eigenvalue weighted by Gasteiger charge is -2.26. The van der Waals surface area contributed by atoms with Gasteiger partial charge < -0.3 is 10.1 Å². The van der Waals surface area contributed by atoms with Crippen LogP contribution in [0.3, 0.4) is 0 Å². The number of aryl methyl sites for hydroxylation is 1. The molecule has 0 radical (unpaired) electrons. The Labute approximate surface area is 187 Å². The van der Waals surface area contributed by atoms with Crippen molar-refractivity contribution in [3.8, 4) is 0 Å². The third-order valence-electron chi connectivity index (χ3n) is 4.86. The molecule has 1 heterocycles. The monoisotopic (exact) mass is 468 g/mol. The number of halogens is 1. The standard InChI is InChI=1S/C21H25ClN2O4S2/c1-15-3-8-19(13-20(15)30(26,27)24-9-11-28-12-10-24)23-21(25)14-29-16(2)17-4-6-18(22)7-5-17/h3-8,13,16H,9-12,14H2,1-2H3,(H,23,25). The van der Waals surface area contributed by atoms with Crippen molar-refractivity contribution in [2.75, 3.05) is 37.4 Å². The second-order valence-electron chi connectivity index (χ2n) is 7.05. The van der Waals surface area contributed by atoms with Crippen LogP contribution in [-0.4, -0.2) is 50.7 Å². The van der Waals surface area contributed by atoms with Crippen molar-refractivity contribution in [1.82, 2.24) is 4.31 Å². The molecule has 1 amide bonds. The van der Waals surface area contributed by atoms with E-state index < -0.39 is 10.0 Å². The van der Waals surface area contributed by atoms with Crippen molar-refractivity contribution in [2.24, 2.45) is 0 Å². The van der Waals surface area contributed by atoms with Crippen molar-refractivity contribution >= 4 is 45.0 Å². The number of thioether (sulfide) groups is 1. The molecule has 9 heteroatoms. The molecule has 162 valence electrons. The second kappa shape index (κ2) is 10.2. The fourth-order valence-corrected chi connectivity index (χ4v) is 5.72. The highest BCUT2D eigenvalue weighted by Crippen LogP contribution is 2.29. The van der Waals surface area contributed by atoms with E-state index in [9.17, 15) is 13.2 Å². The predicted octanol–water partition coefficient (Wildman–Crippen LogP) is 4.10. The number of hydrogen-bond donors (Lipinski definition) is 1. The molecule has 30 heavy (non-hydrogen) atoms. The number of anilines is 1. The maximum absolute atomic E-state index is 13.0. The number of morpholine rings is 1. The molecule has 0 spiro atoms. The molecule has 1 N–H and O–H groups in total. The Bertz CT molecular complexity index is 991. The zero-order valence-corrected chi connectivity index (χ0v) is 19.3. The van der Waals surface area contributed by atoms with E-state index in [4.69, 9.17) is 16.3 Å². The minimum absolute atomic E-state index is 0.128. The number of nitrogens with one attached hydrogen (secondary N) is 1. The number of ether oxygens (including phenoxy) is 1. The highest BCUT2D eigenvalue weighted by atomic mass is 35.5. The van der Waals surface area contributed by atoms with Crippen LogP contribution in [0.1, 0.15) is 23.3 Å². The molecular formula is C21H25ClN2O4S2. The molecular weight excluding hydrogens is 444 g/mol. The summed E-state index contributed by atoms with van der Waals surface area (Å²) in [4.78, 5) is 12.6. The summed E-state index contributed by atoms with van der Waals surface area (Å²) in [7, 11) is -3.63. The number of hydrogen-bond acceptors (Lipinski definition) is 5. The first-order valence-corrected chi connectivity index (χ1v) is 12.5. The third-order valence-corrected chi connectivity index (χ3v) is 8.36. The summed E-state index contributed by atoms with van der Waals surface area (Å²) in [5, 5.41) is 3.62. The smallest absolute Gasteiger partial charge is 0.243 e. The van der Waals surface area contributed by atoms with E-state index in [1.54, 1.807) is 19.1 Å². The molecule has 0 saturated carbocycles. The largest absolute Gasteiger partial charge is 0.379 e. The summed E-state index contributed by atoms with van der Waals surface area (Å²) in [6, 6.07) is 12.5. The molecule has 1 fully saturated rings. The van der Waals surface area contributed by atoms with Gasteiger partial charge in [0.1, 0.15) is 0 Å². The van der Waals surface area contributed by atoms with Gasteiger partial charge in [0.15, 0.2) is 0 Å². The van der Waals surface area contributed by atoms with Crippen LogP contribution in [0.5, 0.6) is 0 Å². The van der Waals surface area contributed by atoms with Crippen molar-refractivity contribution in [1.29, 1.82) is 0 Å². The van der Waals surface area contributed by atoms with Crippen LogP contribution in [0.15, 0.2) is 47.4 Å². The summed E-state index contributed by atoms with van der Waals surface area (Å²) in [5.41, 5.74) is 2.20. The Kier molecular flexibility index (Phi) is 7.81. The van der Waals surface area contributed by atoms with Gasteiger partial charge in [-0.3, -0.25) is 4.79 Å². The van der Waals surface area contributed by atoms with E-state index in [0.717, 1.165) is 5.56 Å². The molecule has 3 rings (SSSR count). The second-order valence-corrected chi connectivity index (χ2v) is 10.7. The minimum atomic E-state index is -3.63. The molecule has 2 aromatic rings. The van der Waals surface area contributed by atoms with Gasteiger partial charge in [0.25, 0.3) is 0 Å². The quantitative estimate of drug-likeness (QED) is 0.662. The fraction of sp³-hybridized carbons (Fsp3) is 0.381. The van der Waals surface area contributed by atoms with Crippen LogP contribution in [0.4, 0.5) is 5.69 Å². The summed E-state index contributed by atoms with van der Waals surface area (Å²) >= 11 is 7.42. The highest BCUT2D eigenvalue weighted by molar-refractivity contribution is 8.00. The normalized spacial score (nSPS) is 16.2. The van der Waals surface area contributed by atoms with Crippen LogP contribution in [0.2, 0.25) is 5.02 Å². The molecule has 1 aliphatic heterocycles. The van der Waals surface area contributed by atoms with Crippen molar-refractivity contribution in [3.05, 3.63) is 58.6 Å². The lowest BCUT2D eigenvalue weighted by Crippen LogP contribution is -2.40. The molecule has 0 aromatic heterocycles. The van der Waals surface area contributed by atoms with Crippen molar-refractivity contribution in [2.45, 2.75) is 24.0 Å². The minimum Gasteiger partial charge on any atom is -0.379 e. The van der Waals surface area contributed by atoms with Crippen LogP contribution < -0.4 is 5.32 Å². The Morgan fingerprint density at radius 3 is 2.53 bits per heavy atom. The third kappa shape index (κ3) is 5.76. The first-order valence-electron chi connectivity index (χ1n) is 9.63. The first-order chi connectivity index (χ1) is 14.3. The lowest BCUT2D eigenvalue weighted by molar-refractivity contribution is -0.113. The van der Waals surface area contributed by atoms with E-state index in [1.165, 1.54) is 22.1 Å². The Hall–Kier alpha value is -1.58. The maximum Gasteiger partial charge on any atom is 0.243 e. The number of nitrogens with zero attached hydrogens (tertiary/aromatic N) is 1. The van der Waals surface area contributed by atoms with E-state index >= 15 is 0 Å². The lowest BCUT2D eigenvalue weighted by atomic mass is 10.2. The molecule has 0 bridgehead atoms. The summed E-state index contributed by atoms with van der Waals surface area (Å²) in [6.07, 6.45) is 0. The summed E-state index contributed by atoms with van der Waals surface area (Å²) in [5.74, 6) is 0.0721. The Morgan fingerprint density at radius 1 is 1.20 bits per heavy atom. The fourth-order valence-electron chi connectivity index (χ4n) is 3.11. The molecule has 1 atom stereocenters. The Morgan fingerprint density at radius 2 is 1.87 bits per heavy atom. The number of amides is 1. The SMILES string of the molecule is Cc1ccc(NC(=O)CSC(C)c2ccc(Cl)cc2)cc1S(=O)(=O)N1CCOCC1. The van der Waals surface area contributed by atoms with Gasteiger partial charge in [0.05, 0.1) is 23.9 Å². The van der Waals surface area contributed by atoms with Crippen LogP contribution in [-0.2, 0) is 19.6 Å². The number of rotatable bonds is 7. The van der Waals surface area contributed by atoms with Gasteiger partial charge >= 0.3 is 0 Å². The number of carbonyl (C=O) groups is 1. The molecule has 1 aliphatic rings. The first kappa shape index (κ1) is 23.1. The van der Waals surface area contributed by atoms with Crippen molar-refractivity contribution in [3.63, 3.8) is 0 Å². The van der Waals surface area contributed by atoms with Gasteiger partial charge in [0.2, 0.25) is 15.9 Å². The number of sulfonamides is 1. The van der Waals surface area contributed by atoms with Gasteiger partial charge in [-0.1, -0.05) is 29.8 Å². The number of carbonyl (C=O) groups excluding carboxylic acids is 1. The van der Waals surface area contributed by atoms with E-state index in [2.05, 4.69) is 5.32 Å². The Balaban J connectivity index is 1.64. The van der Waals surface area contributed by atoms with Gasteiger partial charge in [-0.05, 0) is 49.2 Å². The molecule has 2 aromatic carbocycles. The van der Waals surface area contributed by atoms with Gasteiger partial charge in [0, 0.05) is 29.0 Å². The van der Waals surface area contributed by atoms with E-state index in [-0.39, 0.29) is 21.8 Å².